The number of nitrogens with zero attached hydrogens (tertiary/aromatic N) is 5. The Morgan fingerprint density at radius 1 is 1.06 bits per heavy atom. The third kappa shape index (κ3) is 11.1. The Morgan fingerprint density at radius 2 is 1.85 bits per heavy atom. The van der Waals surface area contributed by atoms with Crippen LogP contribution in [0.3, 0.4) is 0 Å². The van der Waals surface area contributed by atoms with Gasteiger partial charge < -0.3 is 24.7 Å². The summed E-state index contributed by atoms with van der Waals surface area (Å²) in [5, 5.41) is 16.1. The maximum Gasteiger partial charge on any atom is 0.416 e. The zero-order valence-electron chi connectivity index (χ0n) is 37.5. The number of hydrogen-bond acceptors (Lipinski definition) is 12. The molecule has 0 amide bonds. The highest BCUT2D eigenvalue weighted by Crippen LogP contribution is 2.46. The summed E-state index contributed by atoms with van der Waals surface area (Å²) in [4.78, 5) is 39.4. The van der Waals surface area contributed by atoms with Crippen LogP contribution in [-0.2, 0) is 20.8 Å². The van der Waals surface area contributed by atoms with Crippen LogP contribution in [0.1, 0.15) is 61.5 Å². The number of nitro benzene ring substituents is 1. The number of H-pyrrole nitrogens is 1. The molecular formula is C48H53ClF3N7O7S. The highest BCUT2D eigenvalue weighted by atomic mass is 35.5. The molecule has 1 aliphatic carbocycles. The van der Waals surface area contributed by atoms with Gasteiger partial charge in [-0.25, -0.2) is 13.4 Å². The van der Waals surface area contributed by atoms with Crippen molar-refractivity contribution in [2.45, 2.75) is 57.1 Å². The number of allylic oxidation sites excluding steroid dienone is 1. The van der Waals surface area contributed by atoms with Gasteiger partial charge in [-0.2, -0.15) is 13.2 Å². The standard InChI is InChI=1S/C48H53ClF3N7O7S/c1-4-57-19-20-65-29-35(57)26-54-42-10-7-37(24-43(42)59(61)62)67(63,64)30-44(60)39-9-6-34(23-45(39)66-36-21-31-12-14-53-46(31)55-27-36)58-17-15-56(16-18-58)28-32-11-13-47(2,3)25-40(32)38-8-5-33(22-41(38)49)48(50,51)52/h5-10,12,14,21-24,27,35,54H,4,11,13,15-20,25-26,28-30H2,1-3H3,(H,53,55). The molecule has 2 saturated heterocycles. The summed E-state index contributed by atoms with van der Waals surface area (Å²) >= 11 is 6.54. The van der Waals surface area contributed by atoms with Crippen LogP contribution in [-0.4, -0.2) is 116 Å². The first-order valence-corrected chi connectivity index (χ1v) is 24.3. The van der Waals surface area contributed by atoms with Gasteiger partial charge >= 0.3 is 6.18 Å². The smallest absolute Gasteiger partial charge is 0.416 e. The van der Waals surface area contributed by atoms with Crippen LogP contribution in [0.25, 0.3) is 16.6 Å². The van der Waals surface area contributed by atoms with E-state index in [4.69, 9.17) is 21.1 Å². The Bertz CT molecular complexity index is 2810. The maximum atomic E-state index is 14.1. The number of fused-ring (bicyclic) bond motifs is 1. The van der Waals surface area contributed by atoms with Gasteiger partial charge in [-0.05, 0) is 90.9 Å². The van der Waals surface area contributed by atoms with Crippen molar-refractivity contribution in [3.8, 4) is 11.5 Å². The number of likely N-dealkylation sites (N-methyl/N-ethyl adjacent to an activating group) is 1. The van der Waals surface area contributed by atoms with E-state index in [1.807, 2.05) is 13.0 Å². The average Bonchev–Trinajstić information content (AvgIpc) is 3.77. The van der Waals surface area contributed by atoms with Crippen LogP contribution < -0.4 is 15.0 Å². The fourth-order valence-corrected chi connectivity index (χ4v) is 10.7. The molecule has 14 nitrogen and oxygen atoms in total. The van der Waals surface area contributed by atoms with Gasteiger partial charge in [-0.1, -0.05) is 44.0 Å². The molecule has 3 aromatic carbocycles. The topological polar surface area (TPSA) is 163 Å². The number of nitrogens with one attached hydrogen (secondary N) is 2. The number of ketones is 1. The number of piperazine rings is 1. The van der Waals surface area contributed by atoms with Gasteiger partial charge in [0, 0.05) is 80.2 Å². The Morgan fingerprint density at radius 3 is 2.58 bits per heavy atom. The quantitative estimate of drug-likeness (QED) is 0.0582. The highest BCUT2D eigenvalue weighted by molar-refractivity contribution is 7.92. The lowest BCUT2D eigenvalue weighted by atomic mass is 9.72. The van der Waals surface area contributed by atoms with Gasteiger partial charge in [-0.15, -0.1) is 0 Å². The van der Waals surface area contributed by atoms with Crippen LogP contribution in [0.4, 0.5) is 30.2 Å². The summed E-state index contributed by atoms with van der Waals surface area (Å²) in [6, 6.07) is 15.7. The molecule has 3 aliphatic rings. The van der Waals surface area contributed by atoms with Gasteiger partial charge in [0.05, 0.1) is 46.4 Å². The number of aromatic nitrogens is 2. The molecule has 67 heavy (non-hydrogen) atoms. The van der Waals surface area contributed by atoms with E-state index in [1.54, 1.807) is 24.4 Å². The molecule has 1 atom stereocenters. The van der Waals surface area contributed by atoms with Gasteiger partial charge in [0.1, 0.15) is 28.6 Å². The van der Waals surface area contributed by atoms with Gasteiger partial charge in [0.25, 0.3) is 5.69 Å². The summed E-state index contributed by atoms with van der Waals surface area (Å²) in [5.41, 5.74) is 3.05. The van der Waals surface area contributed by atoms with Crippen molar-refractivity contribution < 1.29 is 40.8 Å². The molecule has 0 bridgehead atoms. The second-order valence-corrected chi connectivity index (χ2v) is 20.5. The molecule has 0 radical (unpaired) electrons. The molecule has 4 heterocycles. The number of carbonyl (C=O) groups is 1. The molecular weight excluding hydrogens is 911 g/mol. The maximum absolute atomic E-state index is 14.1. The largest absolute Gasteiger partial charge is 0.455 e. The fourth-order valence-electron chi connectivity index (χ4n) is 9.15. The van der Waals surface area contributed by atoms with Crippen LogP contribution in [0.2, 0.25) is 5.02 Å². The van der Waals surface area contributed by atoms with E-state index in [2.05, 4.69) is 43.8 Å². The zero-order chi connectivity index (χ0) is 47.7. The third-order valence-electron chi connectivity index (χ3n) is 13.0. The second-order valence-electron chi connectivity index (χ2n) is 18.1. The number of halogens is 4. The Labute approximate surface area is 392 Å². The molecule has 1 unspecified atom stereocenters. The minimum absolute atomic E-state index is 0.00436. The summed E-state index contributed by atoms with van der Waals surface area (Å²) in [5.74, 6) is -1.31. The Hall–Kier alpha value is -5.53. The molecule has 2 aliphatic heterocycles. The van der Waals surface area contributed by atoms with Crippen LogP contribution in [0.15, 0.2) is 89.6 Å². The number of hydrogen-bond donors (Lipinski definition) is 2. The lowest BCUT2D eigenvalue weighted by Gasteiger charge is -2.39. The minimum atomic E-state index is -4.50. The average molecular weight is 965 g/mol. The number of carbonyl (C=O) groups excluding carboxylic acids is 1. The number of benzene rings is 3. The first-order valence-electron chi connectivity index (χ1n) is 22.3. The van der Waals surface area contributed by atoms with E-state index >= 15 is 0 Å². The van der Waals surface area contributed by atoms with Gasteiger partial charge in [0.15, 0.2) is 15.6 Å². The van der Waals surface area contributed by atoms with Gasteiger partial charge in [0.2, 0.25) is 0 Å². The minimum Gasteiger partial charge on any atom is -0.455 e. The van der Waals surface area contributed by atoms with Crippen molar-refractivity contribution in [1.29, 1.82) is 0 Å². The third-order valence-corrected chi connectivity index (χ3v) is 14.9. The molecule has 0 spiro atoms. The highest BCUT2D eigenvalue weighted by Gasteiger charge is 2.34. The van der Waals surface area contributed by atoms with E-state index in [9.17, 15) is 36.5 Å². The number of rotatable bonds is 15. The van der Waals surface area contributed by atoms with Crippen molar-refractivity contribution in [2.24, 2.45) is 5.41 Å². The number of nitro groups is 1. The molecule has 8 rings (SSSR count). The van der Waals surface area contributed by atoms with Crippen molar-refractivity contribution in [3.05, 3.63) is 117 Å². The molecule has 5 aromatic rings. The van der Waals surface area contributed by atoms with E-state index in [-0.39, 0.29) is 38.4 Å². The van der Waals surface area contributed by atoms with Crippen LogP contribution in [0.5, 0.6) is 11.5 Å². The monoisotopic (exact) mass is 963 g/mol. The van der Waals surface area contributed by atoms with E-state index in [0.717, 1.165) is 66.4 Å². The normalized spacial score (nSPS) is 18.6. The predicted molar refractivity (Wildman–Crippen MR) is 252 cm³/mol. The summed E-state index contributed by atoms with van der Waals surface area (Å²) in [7, 11) is -4.38. The van der Waals surface area contributed by atoms with Gasteiger partial charge in [-0.3, -0.25) is 24.7 Å². The second kappa shape index (κ2) is 19.6. The number of aromatic amines is 1. The SMILES string of the molecule is CCN1CCOCC1CNc1ccc(S(=O)(=O)CC(=O)c2ccc(N3CCN(CC4=C(c5ccc(C(F)(F)F)cc5Cl)CC(C)(C)CC4)CC3)cc2Oc2cnc3[nH]ccc3c2)cc1[N+](=O)[O-]. The van der Waals surface area contributed by atoms with Crippen LogP contribution in [0, 0.1) is 15.5 Å². The fraction of sp³-hybridized carbons (Fsp3) is 0.417. The van der Waals surface area contributed by atoms with Crippen molar-refractivity contribution >= 4 is 60.9 Å². The van der Waals surface area contributed by atoms with Crippen molar-refractivity contribution in [1.82, 2.24) is 19.8 Å². The van der Waals surface area contributed by atoms with E-state index < -0.39 is 43.7 Å². The summed E-state index contributed by atoms with van der Waals surface area (Å²) in [6.45, 7) is 12.4. The molecule has 19 heteroatoms. The summed E-state index contributed by atoms with van der Waals surface area (Å²) < 4.78 is 80.1. The lowest BCUT2D eigenvalue weighted by molar-refractivity contribution is -0.384. The molecule has 2 fully saturated rings. The first-order chi connectivity index (χ1) is 31.9. The van der Waals surface area contributed by atoms with Crippen molar-refractivity contribution in [2.75, 3.05) is 81.5 Å². The number of anilines is 2. The number of pyridine rings is 1. The molecule has 356 valence electrons. The molecule has 2 aromatic heterocycles. The Kier molecular flexibility index (Phi) is 14.0. The molecule has 2 N–H and O–H groups in total. The predicted octanol–water partition coefficient (Wildman–Crippen LogP) is 9.51. The first kappa shape index (κ1) is 47.9. The van der Waals surface area contributed by atoms with Crippen molar-refractivity contribution in [3.63, 3.8) is 0 Å². The molecule has 0 saturated carbocycles. The summed E-state index contributed by atoms with van der Waals surface area (Å²) in [6.07, 6.45) is 1.15. The van der Waals surface area contributed by atoms with E-state index in [0.29, 0.717) is 75.9 Å². The van der Waals surface area contributed by atoms with Crippen LogP contribution >= 0.6 is 11.6 Å². The lowest BCUT2D eigenvalue weighted by Crippen LogP contribution is -2.48. The number of sulfone groups is 1. The number of Topliss-reactive ketones (excluding diaryl/α,β-unsaturated/α-hetero) is 1. The zero-order valence-corrected chi connectivity index (χ0v) is 39.1. The Balaban J connectivity index is 1.00. The number of morpholine rings is 1. The number of alkyl halides is 3. The van der Waals surface area contributed by atoms with E-state index in [1.165, 1.54) is 30.5 Å². The number of ether oxygens (including phenoxy) is 2.